The van der Waals surface area contributed by atoms with Gasteiger partial charge in [0.15, 0.2) is 0 Å². The molecule has 15 aromatic rings. The number of hydrogen-bond donors (Lipinski definition) is 2. The van der Waals surface area contributed by atoms with Gasteiger partial charge in [0, 0.05) is 34.4 Å². The first kappa shape index (κ1) is 111. The number of alkyl halides is 13. The Labute approximate surface area is 824 Å². The largest absolute Gasteiger partial charge is 0.508 e. The number of carboxylic acids is 1. The maximum absolute atomic E-state index is 12.7. The smallest absolute Gasteiger partial charge is 0.416 e. The first-order valence-electron chi connectivity index (χ1n) is 43.2. The summed E-state index contributed by atoms with van der Waals surface area (Å²) >= 11 is 3.27. The lowest BCUT2D eigenvalue weighted by atomic mass is 10.1. The number of aldehydes is 2. The highest BCUT2D eigenvalue weighted by Crippen LogP contribution is 2.44. The van der Waals surface area contributed by atoms with Gasteiger partial charge in [0.25, 0.3) is 0 Å². The van der Waals surface area contributed by atoms with E-state index < -0.39 is 65.8 Å². The van der Waals surface area contributed by atoms with Gasteiger partial charge in [-0.25, -0.2) is 14.4 Å². The van der Waals surface area contributed by atoms with Crippen LogP contribution in [0, 0.1) is 55.4 Å². The van der Waals surface area contributed by atoms with Crippen molar-refractivity contribution in [2.75, 3.05) is 13.2 Å². The summed E-state index contributed by atoms with van der Waals surface area (Å²) in [6.45, 7) is 16.8. The molecular formula is C105H98BrF12N12O12P. The Bertz CT molecular complexity index is 6820. The van der Waals surface area contributed by atoms with Gasteiger partial charge >= 0.3 is 42.6 Å². The van der Waals surface area contributed by atoms with E-state index >= 15 is 0 Å². The summed E-state index contributed by atoms with van der Waals surface area (Å²) < 4.78 is 179. The molecule has 0 saturated heterocycles. The summed E-state index contributed by atoms with van der Waals surface area (Å²) in [4.78, 5) is 60.9. The second-order valence-corrected chi connectivity index (χ2v) is 34.8. The maximum Gasteiger partial charge on any atom is 0.416 e. The standard InChI is InChI=1S/C23H22F3N3O3.C22H21O2P.C21H18F3N3O3.C19H16F3N3O2.C11H9BrF3N3.C8H8O2.CH4/c1-4-31-22(30)12-6-17-5-11-20(13-15(17)2)32-14-21-16(3)27-29(28-21)19-9-7-18(8-10-19)23(24,25)26;1-2-24-22(23)18-25(19-12-6-3-7-13-19,20-14-8-4-9-15-20)21-16-10-5-11-17-21;1-13-11-18(9-3-15(13)4-10-20(28)29)30-12-19-14(2)25-27(26-19)17-7-5-16(6-8-17)21(22,23)24;1-12-9-17(8-3-14(12)10-26)27-11-18-13(2)23-25(24-18)16-6-4-15(5-7-16)19(20,21)22;1-7-10(6-12)17-18(16-7)9-4-2-8(3-5-9)11(13,14)15;1-6-4-8(10)3-2-7(6)5-9;/h5-13H,4,14H2,1-3H3;3-18H,2H2,1H3;3-11H,12H2,1-2H3,(H,28,29);3-10H,11H2,1-2H3;2-5H,6H2,1H3;2-5,10H,1H3;1H4/b12-6+;;10-4+;;;;. The third kappa shape index (κ3) is 31.7. The number of halogens is 13. The molecule has 0 atom stereocenters. The molecule has 4 heterocycles. The molecule has 15 rings (SSSR count). The summed E-state index contributed by atoms with van der Waals surface area (Å²) in [6, 6.07) is 69.7. The number of rotatable bonds is 26. The fourth-order valence-electron chi connectivity index (χ4n) is 13.2. The summed E-state index contributed by atoms with van der Waals surface area (Å²) in [5.74, 6) is 2.07. The number of phenolic OH excluding ortho intramolecular Hbond substituents is 1. The van der Waals surface area contributed by atoms with Crippen LogP contribution < -0.4 is 30.1 Å². The predicted molar refractivity (Wildman–Crippen MR) is 524 cm³/mol. The number of carbonyl (C=O) groups excluding carboxylic acids is 4. The Morgan fingerprint density at radius 2 is 0.629 bits per heavy atom. The Hall–Kier alpha value is -15.7. The Balaban J connectivity index is 0.000000196. The van der Waals surface area contributed by atoms with Crippen molar-refractivity contribution < 1.29 is 111 Å². The zero-order valence-electron chi connectivity index (χ0n) is 77.8. The number of aliphatic carboxylic acids is 1. The van der Waals surface area contributed by atoms with Crippen LogP contribution in [0.25, 0.3) is 34.9 Å². The lowest BCUT2D eigenvalue weighted by Gasteiger charge is -2.28. The zero-order chi connectivity index (χ0) is 103. The van der Waals surface area contributed by atoms with Gasteiger partial charge in [0.2, 0.25) is 0 Å². The molecule has 11 aromatic carbocycles. The minimum absolute atomic E-state index is 0. The van der Waals surface area contributed by atoms with E-state index in [9.17, 15) is 76.7 Å². The highest BCUT2D eigenvalue weighted by Gasteiger charge is 2.34. The van der Waals surface area contributed by atoms with E-state index in [0.29, 0.717) is 104 Å². The van der Waals surface area contributed by atoms with Crippen molar-refractivity contribution in [1.29, 1.82) is 0 Å². The normalized spacial score (nSPS) is 11.3. The molecule has 0 aliphatic carbocycles. The summed E-state index contributed by atoms with van der Waals surface area (Å²) in [6.07, 6.45) is -10.3. The SMILES string of the molecule is C.CCOC(=O)/C=C/c1ccc(OCc2nn(-c3ccc(C(F)(F)F)cc3)nc2C)cc1C.CCOC(=O)C=P(c1ccccc1)(c1ccccc1)c1ccccc1.Cc1cc(O)ccc1C=O.Cc1cc(OCc2nn(-c3ccc(C(F)(F)F)cc3)nc2C)ccc1/C=C/C(=O)O.Cc1cc(OCc2nn(-c3ccc(C(F)(F)F)cc3)nc2C)ccc1C=O.Cc1nn(-c2ccc(C(F)(F)F)cc2)nc1CBr. The fourth-order valence-corrected chi connectivity index (χ4v) is 17.4. The van der Waals surface area contributed by atoms with Crippen molar-refractivity contribution in [3.63, 3.8) is 0 Å². The van der Waals surface area contributed by atoms with Crippen LogP contribution in [0.3, 0.4) is 0 Å². The molecule has 4 aromatic heterocycles. The molecule has 38 heteroatoms. The van der Waals surface area contributed by atoms with Crippen LogP contribution in [-0.4, -0.2) is 120 Å². The third-order valence-corrected chi connectivity index (χ3v) is 25.3. The average molecular weight is 2060 g/mol. The number of carboxylic acid groups (broad SMARTS) is 1. The number of nitrogens with zero attached hydrogens (tertiary/aromatic N) is 12. The first-order chi connectivity index (χ1) is 67.5. The maximum atomic E-state index is 12.7. The second kappa shape index (κ2) is 51.0. The number of aromatic nitrogens is 12. The number of esters is 2. The number of ether oxygens (including phenoxy) is 5. The molecule has 0 amide bonds. The number of aryl methyl sites for hydroxylation is 8. The third-order valence-electron chi connectivity index (χ3n) is 20.9. The lowest BCUT2D eigenvalue weighted by molar-refractivity contribution is -0.138. The quantitative estimate of drug-likeness (QED) is 0.0127. The van der Waals surface area contributed by atoms with E-state index in [4.69, 9.17) is 33.9 Å². The van der Waals surface area contributed by atoms with Crippen LogP contribution in [0.2, 0.25) is 0 Å². The molecule has 0 aliphatic heterocycles. The summed E-state index contributed by atoms with van der Waals surface area (Å²) in [5.41, 5.74) is 10.0. The van der Waals surface area contributed by atoms with Gasteiger partial charge in [-0.2, -0.15) is 97.4 Å². The molecular weight excluding hydrogens is 1960 g/mol. The van der Waals surface area contributed by atoms with Gasteiger partial charge in [0.05, 0.1) is 86.7 Å². The van der Waals surface area contributed by atoms with Crippen molar-refractivity contribution in [2.45, 2.75) is 127 Å². The van der Waals surface area contributed by atoms with Gasteiger partial charge in [-0.1, -0.05) is 126 Å². The van der Waals surface area contributed by atoms with Crippen molar-refractivity contribution in [1.82, 2.24) is 60.0 Å². The molecule has 2 N–H and O–H groups in total. The van der Waals surface area contributed by atoms with Crippen LogP contribution in [0.15, 0.2) is 273 Å². The topological polar surface area (TPSA) is 295 Å². The molecule has 24 nitrogen and oxygen atoms in total. The molecule has 0 bridgehead atoms. The van der Waals surface area contributed by atoms with Gasteiger partial charge in [-0.3, -0.25) is 9.59 Å². The molecule has 0 fully saturated rings. The molecule has 143 heavy (non-hydrogen) atoms. The minimum atomic E-state index is -4.40. The van der Waals surface area contributed by atoms with Gasteiger partial charge in [-0.15, -0.1) is 15.3 Å². The molecule has 0 unspecified atom stereocenters. The molecule has 746 valence electrons. The summed E-state index contributed by atoms with van der Waals surface area (Å²) in [7, 11) is 0. The van der Waals surface area contributed by atoms with E-state index in [0.717, 1.165) is 128 Å². The molecule has 0 saturated carbocycles. The van der Waals surface area contributed by atoms with Crippen LogP contribution in [0.1, 0.15) is 143 Å². The van der Waals surface area contributed by atoms with E-state index in [2.05, 4.69) is 93.1 Å². The van der Waals surface area contributed by atoms with Gasteiger partial charge < -0.3 is 33.9 Å². The van der Waals surface area contributed by atoms with E-state index in [1.807, 2.05) is 94.4 Å². The van der Waals surface area contributed by atoms with Crippen LogP contribution in [0.4, 0.5) is 52.7 Å². The van der Waals surface area contributed by atoms with E-state index in [1.165, 1.54) is 85.9 Å². The number of hydrogen-bond acceptors (Lipinski definition) is 19. The van der Waals surface area contributed by atoms with Crippen molar-refractivity contribution in [3.05, 3.63) is 385 Å². The Morgan fingerprint density at radius 3 is 0.895 bits per heavy atom. The molecule has 0 radical (unpaired) electrons. The van der Waals surface area contributed by atoms with Crippen molar-refractivity contribution in [3.8, 4) is 45.7 Å². The Kier molecular flexibility index (Phi) is 39.6. The van der Waals surface area contributed by atoms with Crippen LogP contribution in [0.5, 0.6) is 23.0 Å². The predicted octanol–water partition coefficient (Wildman–Crippen LogP) is 22.9. The minimum Gasteiger partial charge on any atom is -0.508 e. The number of phenols is 1. The first-order valence-corrected chi connectivity index (χ1v) is 46.2. The van der Waals surface area contributed by atoms with Crippen molar-refractivity contribution >= 4 is 87.2 Å². The number of benzene rings is 11. The van der Waals surface area contributed by atoms with Crippen molar-refractivity contribution in [2.24, 2.45) is 0 Å². The Morgan fingerprint density at radius 1 is 0.357 bits per heavy atom. The van der Waals surface area contributed by atoms with Gasteiger partial charge in [-0.05, 0) is 295 Å². The number of carbonyl (C=O) groups is 5. The highest BCUT2D eigenvalue weighted by atomic mass is 79.9. The number of aromatic hydroxyl groups is 1. The fraction of sp³-hybridized carbons (Fsp3) is 0.200. The zero-order valence-corrected chi connectivity index (χ0v) is 80.3. The van der Waals surface area contributed by atoms with Gasteiger partial charge in [0.1, 0.15) is 72.5 Å². The molecule has 0 spiro atoms. The summed E-state index contributed by atoms with van der Waals surface area (Å²) in [5, 5.41) is 55.6. The molecule has 0 aliphatic rings. The monoisotopic (exact) mass is 2060 g/mol. The van der Waals surface area contributed by atoms with Crippen LogP contribution >= 0.6 is 22.8 Å². The van der Waals surface area contributed by atoms with E-state index in [-0.39, 0.29) is 39.0 Å². The van der Waals surface area contributed by atoms with Crippen LogP contribution in [-0.2, 0) is 73.7 Å². The lowest BCUT2D eigenvalue weighted by Crippen LogP contribution is -2.29. The average Bonchev–Trinajstić information content (AvgIpc) is 1.49. The highest BCUT2D eigenvalue weighted by molar-refractivity contribution is 9.08. The second-order valence-electron chi connectivity index (χ2n) is 31.0. The van der Waals surface area contributed by atoms with E-state index in [1.54, 1.807) is 108 Å².